The Morgan fingerprint density at radius 1 is 0.345 bits per heavy atom. The second kappa shape index (κ2) is 14.8. The lowest BCUT2D eigenvalue weighted by Crippen LogP contribution is -1.95. The quantitative estimate of drug-likeness (QED) is 0.170. The number of rotatable bonds is 6. The van der Waals surface area contributed by atoms with Crippen LogP contribution in [0.1, 0.15) is 13.8 Å². The van der Waals surface area contributed by atoms with Crippen molar-refractivity contribution < 1.29 is 0 Å². The van der Waals surface area contributed by atoms with Crippen LogP contribution >= 0.6 is 0 Å². The minimum absolute atomic E-state index is 0.823. The Balaban J connectivity index is 0.00000201. The Bertz CT molecular complexity index is 3090. The molecule has 0 aliphatic heterocycles. The van der Waals surface area contributed by atoms with E-state index < -0.39 is 0 Å². The van der Waals surface area contributed by atoms with E-state index in [4.69, 9.17) is 0 Å². The van der Waals surface area contributed by atoms with Crippen molar-refractivity contribution in [2.24, 2.45) is 0 Å². The molecule has 8 aromatic carbocycles. The fourth-order valence-electron chi connectivity index (χ4n) is 8.25. The zero-order valence-corrected chi connectivity index (χ0v) is 32.4. The number of nitrogens with zero attached hydrogens (tertiary/aromatic N) is 4. The van der Waals surface area contributed by atoms with Gasteiger partial charge >= 0.3 is 0 Å². The molecule has 0 unspecified atom stereocenters. The summed E-state index contributed by atoms with van der Waals surface area (Å²) in [5.41, 5.74) is 14.9. The van der Waals surface area contributed by atoms with Crippen molar-refractivity contribution in [3.63, 3.8) is 0 Å². The second-order valence-electron chi connectivity index (χ2n) is 14.4. The first-order chi connectivity index (χ1) is 28.7. The van der Waals surface area contributed by atoms with Crippen molar-refractivity contribution in [1.29, 1.82) is 0 Å². The van der Waals surface area contributed by atoms with Gasteiger partial charge in [0.1, 0.15) is 0 Å². The van der Waals surface area contributed by atoms with Crippen LogP contribution in [-0.2, 0) is 0 Å². The minimum Gasteiger partial charge on any atom is -0.309 e. The average molecular weight is 745 g/mol. The summed E-state index contributed by atoms with van der Waals surface area (Å²) in [7, 11) is 0. The summed E-state index contributed by atoms with van der Waals surface area (Å²) in [6.07, 6.45) is 2.06. The fraction of sp³-hybridized carbons (Fsp3) is 0.0370. The number of benzene rings is 8. The highest BCUT2D eigenvalue weighted by molar-refractivity contribution is 6.11. The first-order valence-corrected chi connectivity index (χ1v) is 20.0. The smallest absolute Gasteiger partial charge is 0.168 e. The SMILES string of the molecule is CC.c1ccc(-c2cccc(-c3ccc4c(c3)c3cc(-c5cccc(-c6ccccc6)c5)ccc3n4-c3ccc(-c4nnc5c6ccccc6ccn45)cc3)c2)cc1. The molecule has 0 N–H and O–H groups in total. The van der Waals surface area contributed by atoms with E-state index >= 15 is 0 Å². The average Bonchev–Trinajstić information content (AvgIpc) is 3.90. The normalized spacial score (nSPS) is 11.3. The van der Waals surface area contributed by atoms with E-state index in [1.807, 2.05) is 19.9 Å². The van der Waals surface area contributed by atoms with E-state index in [-0.39, 0.29) is 0 Å². The molecular formula is C54H40N4. The summed E-state index contributed by atoms with van der Waals surface area (Å²) in [5.74, 6) is 0.823. The number of pyridine rings is 1. The van der Waals surface area contributed by atoms with Crippen LogP contribution in [0.3, 0.4) is 0 Å². The highest BCUT2D eigenvalue weighted by Crippen LogP contribution is 2.39. The van der Waals surface area contributed by atoms with E-state index in [0.717, 1.165) is 44.5 Å². The van der Waals surface area contributed by atoms with Crippen LogP contribution in [0.15, 0.2) is 206 Å². The highest BCUT2D eigenvalue weighted by Gasteiger charge is 2.17. The highest BCUT2D eigenvalue weighted by atomic mass is 15.2. The van der Waals surface area contributed by atoms with Crippen LogP contribution in [0.4, 0.5) is 0 Å². The molecule has 4 nitrogen and oxygen atoms in total. The van der Waals surface area contributed by atoms with Gasteiger partial charge in [-0.15, -0.1) is 10.2 Å². The molecule has 0 aliphatic rings. The molecule has 58 heavy (non-hydrogen) atoms. The van der Waals surface area contributed by atoms with Crippen molar-refractivity contribution >= 4 is 38.2 Å². The summed E-state index contributed by atoms with van der Waals surface area (Å²) < 4.78 is 4.47. The van der Waals surface area contributed by atoms with Gasteiger partial charge in [0.05, 0.1) is 11.0 Å². The maximum atomic E-state index is 4.64. The number of hydrogen-bond acceptors (Lipinski definition) is 2. The van der Waals surface area contributed by atoms with Gasteiger partial charge in [-0.25, -0.2) is 0 Å². The Morgan fingerprint density at radius 2 is 0.810 bits per heavy atom. The lowest BCUT2D eigenvalue weighted by atomic mass is 9.96. The molecule has 0 radical (unpaired) electrons. The third-order valence-electron chi connectivity index (χ3n) is 11.1. The Hall–Kier alpha value is -7.56. The molecule has 11 aromatic rings. The molecule has 0 atom stereocenters. The molecule has 0 amide bonds. The van der Waals surface area contributed by atoms with Gasteiger partial charge in [-0.1, -0.05) is 147 Å². The molecule has 276 valence electrons. The molecule has 3 heterocycles. The predicted molar refractivity (Wildman–Crippen MR) is 243 cm³/mol. The lowest BCUT2D eigenvalue weighted by molar-refractivity contribution is 1.11. The Kier molecular flexibility index (Phi) is 8.92. The molecule has 0 fully saturated rings. The van der Waals surface area contributed by atoms with Gasteiger partial charge in [-0.05, 0) is 117 Å². The van der Waals surface area contributed by atoms with Crippen LogP contribution in [0.5, 0.6) is 0 Å². The van der Waals surface area contributed by atoms with Gasteiger partial charge in [0.15, 0.2) is 11.5 Å². The van der Waals surface area contributed by atoms with Crippen LogP contribution < -0.4 is 0 Å². The summed E-state index contributed by atoms with van der Waals surface area (Å²) in [6, 6.07) is 71.9. The standard InChI is InChI=1S/C52H34N4.C2H6/c1-3-11-35(12-4-1)39-16-9-18-41(31-39)43-23-27-49-47(33-43)48-34-44(42-19-10-17-40(32-42)36-13-5-2-6-14-36)24-28-50(48)56(49)45-25-21-38(22-26-45)51-53-54-52-46-20-8-7-15-37(46)29-30-55(51)52;1-2/h1-34H;1-2H3. The van der Waals surface area contributed by atoms with Crippen molar-refractivity contribution in [1.82, 2.24) is 19.2 Å². The predicted octanol–water partition coefficient (Wildman–Crippen LogP) is 14.3. The molecule has 3 aromatic heterocycles. The fourth-order valence-corrected chi connectivity index (χ4v) is 8.25. The molecule has 0 saturated heterocycles. The molecule has 4 heteroatoms. The van der Waals surface area contributed by atoms with E-state index in [1.54, 1.807) is 0 Å². The lowest BCUT2D eigenvalue weighted by Gasteiger charge is -2.10. The second-order valence-corrected chi connectivity index (χ2v) is 14.4. The molecular weight excluding hydrogens is 705 g/mol. The largest absolute Gasteiger partial charge is 0.309 e. The zero-order chi connectivity index (χ0) is 39.0. The van der Waals surface area contributed by atoms with Gasteiger partial charge in [-0.2, -0.15) is 0 Å². The van der Waals surface area contributed by atoms with Crippen molar-refractivity contribution in [2.45, 2.75) is 13.8 Å². The van der Waals surface area contributed by atoms with E-state index in [1.165, 1.54) is 55.3 Å². The summed E-state index contributed by atoms with van der Waals surface area (Å²) in [4.78, 5) is 0. The van der Waals surface area contributed by atoms with Gasteiger partial charge in [-0.3, -0.25) is 4.40 Å². The van der Waals surface area contributed by atoms with Crippen molar-refractivity contribution in [3.8, 4) is 61.6 Å². The zero-order valence-electron chi connectivity index (χ0n) is 32.4. The topological polar surface area (TPSA) is 35.1 Å². The first-order valence-electron chi connectivity index (χ1n) is 20.0. The van der Waals surface area contributed by atoms with Gasteiger partial charge in [0.2, 0.25) is 0 Å². The number of hydrogen-bond donors (Lipinski definition) is 0. The molecule has 0 saturated carbocycles. The maximum absolute atomic E-state index is 4.64. The molecule has 11 rings (SSSR count). The van der Waals surface area contributed by atoms with Crippen LogP contribution in [0, 0.1) is 0 Å². The maximum Gasteiger partial charge on any atom is 0.168 e. The van der Waals surface area contributed by atoms with Crippen molar-refractivity contribution in [2.75, 3.05) is 0 Å². The first kappa shape index (κ1) is 34.9. The Morgan fingerprint density at radius 3 is 1.38 bits per heavy atom. The molecule has 0 bridgehead atoms. The summed E-state index contributed by atoms with van der Waals surface area (Å²) in [6.45, 7) is 4.00. The third-order valence-corrected chi connectivity index (χ3v) is 11.1. The third kappa shape index (κ3) is 6.12. The summed E-state index contributed by atoms with van der Waals surface area (Å²) in [5, 5.41) is 13.9. The summed E-state index contributed by atoms with van der Waals surface area (Å²) >= 11 is 0. The Labute approximate surface area is 337 Å². The number of aromatic nitrogens is 4. The van der Waals surface area contributed by atoms with E-state index in [0.29, 0.717) is 0 Å². The van der Waals surface area contributed by atoms with Crippen LogP contribution in [-0.4, -0.2) is 19.2 Å². The molecule has 0 aliphatic carbocycles. The van der Waals surface area contributed by atoms with Crippen LogP contribution in [0.2, 0.25) is 0 Å². The molecule has 0 spiro atoms. The minimum atomic E-state index is 0.823. The van der Waals surface area contributed by atoms with E-state index in [9.17, 15) is 0 Å². The van der Waals surface area contributed by atoms with E-state index in [2.05, 4.69) is 219 Å². The van der Waals surface area contributed by atoms with Crippen molar-refractivity contribution in [3.05, 3.63) is 206 Å². The van der Waals surface area contributed by atoms with Gasteiger partial charge < -0.3 is 4.57 Å². The van der Waals surface area contributed by atoms with Gasteiger partial charge in [0.25, 0.3) is 0 Å². The van der Waals surface area contributed by atoms with Gasteiger partial charge in [0, 0.05) is 33.6 Å². The number of fused-ring (bicyclic) bond motifs is 6. The van der Waals surface area contributed by atoms with Crippen LogP contribution in [0.25, 0.3) is 99.8 Å². The monoisotopic (exact) mass is 744 g/mol.